The third-order valence-corrected chi connectivity index (χ3v) is 3.22. The molecular weight excluding hydrogens is 265 g/mol. The zero-order valence-corrected chi connectivity index (χ0v) is 11.1. The number of benzene rings is 2. The molecule has 2 aromatic carbocycles. The summed E-state index contributed by atoms with van der Waals surface area (Å²) in [5.41, 5.74) is 2.78. The summed E-state index contributed by atoms with van der Waals surface area (Å²) in [6.07, 6.45) is 0. The summed E-state index contributed by atoms with van der Waals surface area (Å²) >= 11 is 5.63. The highest BCUT2D eigenvalue weighted by Crippen LogP contribution is 2.15. The molecule has 0 aliphatic rings. The topological polar surface area (TPSA) is 32.3 Å². The van der Waals surface area contributed by atoms with Crippen molar-refractivity contribution < 1.29 is 9.50 Å². The Balaban J connectivity index is 1.94. The molecule has 0 amide bonds. The second-order valence-corrected chi connectivity index (χ2v) is 4.69. The van der Waals surface area contributed by atoms with Gasteiger partial charge in [-0.15, -0.1) is 0 Å². The van der Waals surface area contributed by atoms with Gasteiger partial charge in [-0.25, -0.2) is 4.39 Å². The summed E-state index contributed by atoms with van der Waals surface area (Å²) in [5, 5.41) is 12.6. The largest absolute Gasteiger partial charge is 0.392 e. The maximum atomic E-state index is 13.3. The lowest BCUT2D eigenvalue weighted by atomic mass is 10.1. The van der Waals surface area contributed by atoms with Crippen LogP contribution in [0.4, 0.5) is 4.39 Å². The summed E-state index contributed by atoms with van der Waals surface area (Å²) in [5.74, 6) is -0.406. The standard InChI is InChI=1S/C15H15ClFNO/c16-14-6-5-11(7-15(14)17)8-18-9-12-3-1-2-4-13(12)10-19/h1-7,18-19H,8-10H2. The molecule has 0 saturated heterocycles. The van der Waals surface area contributed by atoms with Crippen molar-refractivity contribution in [2.75, 3.05) is 0 Å². The van der Waals surface area contributed by atoms with Crippen molar-refractivity contribution in [3.05, 3.63) is 70.0 Å². The van der Waals surface area contributed by atoms with Gasteiger partial charge < -0.3 is 10.4 Å². The van der Waals surface area contributed by atoms with Crippen molar-refractivity contribution in [1.29, 1.82) is 0 Å². The van der Waals surface area contributed by atoms with Crippen LogP contribution in [0.3, 0.4) is 0 Å². The van der Waals surface area contributed by atoms with E-state index in [-0.39, 0.29) is 11.6 Å². The van der Waals surface area contributed by atoms with Gasteiger partial charge in [-0.2, -0.15) is 0 Å². The van der Waals surface area contributed by atoms with Gasteiger partial charge in [-0.1, -0.05) is 41.9 Å². The molecule has 100 valence electrons. The second-order valence-electron chi connectivity index (χ2n) is 4.28. The van der Waals surface area contributed by atoms with Gasteiger partial charge in [-0.3, -0.25) is 0 Å². The molecule has 0 aromatic heterocycles. The van der Waals surface area contributed by atoms with Gasteiger partial charge in [0.05, 0.1) is 11.6 Å². The van der Waals surface area contributed by atoms with Crippen LogP contribution in [-0.4, -0.2) is 5.11 Å². The minimum Gasteiger partial charge on any atom is -0.392 e. The van der Waals surface area contributed by atoms with Crippen molar-refractivity contribution in [3.8, 4) is 0 Å². The molecule has 0 aliphatic carbocycles. The van der Waals surface area contributed by atoms with Crippen molar-refractivity contribution >= 4 is 11.6 Å². The molecule has 0 atom stereocenters. The third-order valence-electron chi connectivity index (χ3n) is 2.92. The zero-order valence-electron chi connectivity index (χ0n) is 10.4. The summed E-state index contributed by atoms with van der Waals surface area (Å²) < 4.78 is 13.3. The van der Waals surface area contributed by atoms with Gasteiger partial charge in [0.15, 0.2) is 0 Å². The zero-order chi connectivity index (χ0) is 13.7. The summed E-state index contributed by atoms with van der Waals surface area (Å²) in [6, 6.07) is 12.4. The van der Waals surface area contributed by atoms with E-state index < -0.39 is 5.82 Å². The van der Waals surface area contributed by atoms with E-state index in [1.165, 1.54) is 6.07 Å². The van der Waals surface area contributed by atoms with Crippen LogP contribution >= 0.6 is 11.6 Å². The Labute approximate surface area is 116 Å². The second kappa shape index (κ2) is 6.66. The van der Waals surface area contributed by atoms with Crippen LogP contribution in [0, 0.1) is 5.82 Å². The first kappa shape index (κ1) is 14.0. The minimum absolute atomic E-state index is 0.0213. The van der Waals surface area contributed by atoms with Gasteiger partial charge in [-0.05, 0) is 28.8 Å². The van der Waals surface area contributed by atoms with E-state index in [0.717, 1.165) is 16.7 Å². The lowest BCUT2D eigenvalue weighted by molar-refractivity contribution is 0.280. The van der Waals surface area contributed by atoms with Gasteiger partial charge >= 0.3 is 0 Å². The molecule has 0 bridgehead atoms. The minimum atomic E-state index is -0.406. The van der Waals surface area contributed by atoms with Crippen LogP contribution in [0.2, 0.25) is 5.02 Å². The number of rotatable bonds is 5. The fourth-order valence-electron chi connectivity index (χ4n) is 1.88. The fourth-order valence-corrected chi connectivity index (χ4v) is 1.99. The fraction of sp³-hybridized carbons (Fsp3) is 0.200. The monoisotopic (exact) mass is 279 g/mol. The Morgan fingerprint density at radius 2 is 1.79 bits per heavy atom. The van der Waals surface area contributed by atoms with Crippen LogP contribution in [0.5, 0.6) is 0 Å². The number of aliphatic hydroxyl groups excluding tert-OH is 1. The molecule has 2 N–H and O–H groups in total. The van der Waals surface area contributed by atoms with Crippen LogP contribution in [0.15, 0.2) is 42.5 Å². The average Bonchev–Trinajstić information content (AvgIpc) is 2.43. The maximum absolute atomic E-state index is 13.3. The molecule has 2 aromatic rings. The molecule has 0 saturated carbocycles. The molecule has 19 heavy (non-hydrogen) atoms. The first-order chi connectivity index (χ1) is 9.20. The van der Waals surface area contributed by atoms with Crippen LogP contribution in [0.25, 0.3) is 0 Å². The SMILES string of the molecule is OCc1ccccc1CNCc1ccc(Cl)c(F)c1. The molecule has 0 heterocycles. The first-order valence-corrected chi connectivity index (χ1v) is 6.41. The normalized spacial score (nSPS) is 10.7. The van der Waals surface area contributed by atoms with E-state index >= 15 is 0 Å². The molecule has 4 heteroatoms. The summed E-state index contributed by atoms with van der Waals surface area (Å²) in [4.78, 5) is 0. The number of hydrogen-bond donors (Lipinski definition) is 2. The van der Waals surface area contributed by atoms with E-state index in [4.69, 9.17) is 11.6 Å². The van der Waals surface area contributed by atoms with E-state index in [1.54, 1.807) is 12.1 Å². The molecule has 2 nitrogen and oxygen atoms in total. The lowest BCUT2D eigenvalue weighted by Gasteiger charge is -2.09. The lowest BCUT2D eigenvalue weighted by Crippen LogP contribution is -2.14. The molecule has 0 radical (unpaired) electrons. The average molecular weight is 280 g/mol. The van der Waals surface area contributed by atoms with Gasteiger partial charge in [0.1, 0.15) is 5.82 Å². The van der Waals surface area contributed by atoms with Crippen LogP contribution in [-0.2, 0) is 19.7 Å². The Morgan fingerprint density at radius 3 is 2.47 bits per heavy atom. The van der Waals surface area contributed by atoms with Crippen molar-refractivity contribution in [3.63, 3.8) is 0 Å². The highest BCUT2D eigenvalue weighted by Gasteiger charge is 2.02. The van der Waals surface area contributed by atoms with Gasteiger partial charge in [0.2, 0.25) is 0 Å². The van der Waals surface area contributed by atoms with Gasteiger partial charge in [0.25, 0.3) is 0 Å². The summed E-state index contributed by atoms with van der Waals surface area (Å²) in [7, 11) is 0. The number of halogens is 2. The van der Waals surface area contributed by atoms with Crippen molar-refractivity contribution in [1.82, 2.24) is 5.32 Å². The quantitative estimate of drug-likeness (QED) is 0.880. The van der Waals surface area contributed by atoms with E-state index in [1.807, 2.05) is 24.3 Å². The molecule has 0 aliphatic heterocycles. The van der Waals surface area contributed by atoms with Crippen molar-refractivity contribution in [2.45, 2.75) is 19.7 Å². The Morgan fingerprint density at radius 1 is 1.05 bits per heavy atom. The maximum Gasteiger partial charge on any atom is 0.142 e. The molecule has 0 spiro atoms. The predicted octanol–water partition coefficient (Wildman–Crippen LogP) is 3.26. The smallest absolute Gasteiger partial charge is 0.142 e. The molecule has 0 unspecified atom stereocenters. The van der Waals surface area contributed by atoms with Crippen molar-refractivity contribution in [2.24, 2.45) is 0 Å². The highest BCUT2D eigenvalue weighted by molar-refractivity contribution is 6.30. The number of aliphatic hydroxyl groups is 1. The number of hydrogen-bond acceptors (Lipinski definition) is 2. The van der Waals surface area contributed by atoms with E-state index in [9.17, 15) is 9.50 Å². The summed E-state index contributed by atoms with van der Waals surface area (Å²) in [6.45, 7) is 1.20. The number of nitrogens with one attached hydrogen (secondary N) is 1. The highest BCUT2D eigenvalue weighted by atomic mass is 35.5. The van der Waals surface area contributed by atoms with Crippen LogP contribution in [0.1, 0.15) is 16.7 Å². The Bertz CT molecular complexity index is 560. The van der Waals surface area contributed by atoms with Gasteiger partial charge in [0, 0.05) is 13.1 Å². The molecule has 0 fully saturated rings. The third kappa shape index (κ3) is 3.77. The molecular formula is C15H15ClFNO. The Hall–Kier alpha value is -1.42. The van der Waals surface area contributed by atoms with E-state index in [2.05, 4.69) is 5.32 Å². The van der Waals surface area contributed by atoms with Crippen LogP contribution < -0.4 is 5.32 Å². The van der Waals surface area contributed by atoms with E-state index in [0.29, 0.717) is 13.1 Å². The Kier molecular flexibility index (Phi) is 4.91. The molecule has 2 rings (SSSR count). The first-order valence-electron chi connectivity index (χ1n) is 6.03. The predicted molar refractivity (Wildman–Crippen MR) is 74.3 cm³/mol.